The lowest BCUT2D eigenvalue weighted by atomic mass is 10.0. The molecule has 0 radical (unpaired) electrons. The van der Waals surface area contributed by atoms with Gasteiger partial charge in [0.1, 0.15) is 0 Å². The lowest BCUT2D eigenvalue weighted by Crippen LogP contribution is -2.46. The smallest absolute Gasteiger partial charge is 0.227 e. The molecule has 2 aliphatic heterocycles. The molecule has 2 amide bonds. The predicted molar refractivity (Wildman–Crippen MR) is 101 cm³/mol. The fraction of sp³-hybridized carbons (Fsp3) is 0.579. The Morgan fingerprint density at radius 2 is 1.88 bits per heavy atom. The second-order valence-corrected chi connectivity index (χ2v) is 6.96. The topological polar surface area (TPSA) is 52.7 Å². The minimum Gasteiger partial charge on any atom is -0.342 e. The highest BCUT2D eigenvalue weighted by Crippen LogP contribution is 2.29. The molecule has 138 valence electrons. The van der Waals surface area contributed by atoms with Crippen molar-refractivity contribution in [1.29, 1.82) is 0 Å². The Kier molecular flexibility index (Phi) is 6.85. The van der Waals surface area contributed by atoms with Crippen LogP contribution in [0.3, 0.4) is 0 Å². The molecule has 1 aromatic rings. The molecule has 6 heteroatoms. The Labute approximate surface area is 156 Å². The molecule has 2 saturated heterocycles. The molecule has 1 N–H and O–H groups in total. The molecule has 2 heterocycles. The van der Waals surface area contributed by atoms with Crippen LogP contribution < -0.4 is 5.32 Å². The van der Waals surface area contributed by atoms with E-state index in [1.54, 1.807) is 0 Å². The maximum absolute atomic E-state index is 12.8. The minimum absolute atomic E-state index is 0. The van der Waals surface area contributed by atoms with Crippen molar-refractivity contribution in [2.45, 2.75) is 38.3 Å². The van der Waals surface area contributed by atoms with Crippen molar-refractivity contribution in [1.82, 2.24) is 15.1 Å². The molecule has 1 aromatic carbocycles. The maximum atomic E-state index is 12.8. The molecule has 0 saturated carbocycles. The van der Waals surface area contributed by atoms with Crippen LogP contribution in [-0.2, 0) is 9.59 Å². The summed E-state index contributed by atoms with van der Waals surface area (Å²) in [4.78, 5) is 29.0. The van der Waals surface area contributed by atoms with Crippen LogP contribution in [0.2, 0.25) is 0 Å². The number of amides is 2. The molecular weight excluding hydrogens is 338 g/mol. The third-order valence-electron chi connectivity index (χ3n) is 5.46. The summed E-state index contributed by atoms with van der Waals surface area (Å²) in [5.74, 6) is 0.00461. The van der Waals surface area contributed by atoms with Crippen molar-refractivity contribution in [3.05, 3.63) is 35.9 Å². The highest BCUT2D eigenvalue weighted by molar-refractivity contribution is 5.89. The van der Waals surface area contributed by atoms with E-state index in [4.69, 9.17) is 0 Å². The molecule has 0 bridgehead atoms. The largest absolute Gasteiger partial charge is 0.342 e. The van der Waals surface area contributed by atoms with Crippen molar-refractivity contribution in [2.75, 3.05) is 26.7 Å². The van der Waals surface area contributed by atoms with E-state index in [0.29, 0.717) is 19.0 Å². The number of likely N-dealkylation sites (tertiary alicyclic amines) is 1. The van der Waals surface area contributed by atoms with Crippen molar-refractivity contribution in [3.63, 3.8) is 0 Å². The number of carbonyl (C=O) groups is 2. The molecule has 2 aliphatic rings. The third kappa shape index (κ3) is 4.33. The van der Waals surface area contributed by atoms with E-state index in [9.17, 15) is 9.59 Å². The lowest BCUT2D eigenvalue weighted by Gasteiger charge is -2.33. The summed E-state index contributed by atoms with van der Waals surface area (Å²) in [5, 5.41) is 3.32. The van der Waals surface area contributed by atoms with Gasteiger partial charge in [0.2, 0.25) is 11.8 Å². The van der Waals surface area contributed by atoms with Gasteiger partial charge in [0.25, 0.3) is 0 Å². The van der Waals surface area contributed by atoms with E-state index in [2.05, 4.69) is 5.32 Å². The van der Waals surface area contributed by atoms with E-state index in [0.717, 1.165) is 31.5 Å². The first-order chi connectivity index (χ1) is 11.6. The van der Waals surface area contributed by atoms with E-state index in [1.807, 2.05) is 54.1 Å². The van der Waals surface area contributed by atoms with Crippen molar-refractivity contribution in [2.24, 2.45) is 5.92 Å². The summed E-state index contributed by atoms with van der Waals surface area (Å²) in [6.07, 6.45) is 2.32. The summed E-state index contributed by atoms with van der Waals surface area (Å²) < 4.78 is 0. The van der Waals surface area contributed by atoms with Crippen LogP contribution in [-0.4, -0.2) is 54.3 Å². The molecule has 2 atom stereocenters. The van der Waals surface area contributed by atoms with Gasteiger partial charge in [-0.1, -0.05) is 30.3 Å². The van der Waals surface area contributed by atoms with Crippen molar-refractivity contribution >= 4 is 24.2 Å². The van der Waals surface area contributed by atoms with Gasteiger partial charge in [0.05, 0.1) is 12.0 Å². The van der Waals surface area contributed by atoms with Crippen LogP contribution in [0.25, 0.3) is 0 Å². The number of halogens is 1. The quantitative estimate of drug-likeness (QED) is 0.890. The highest BCUT2D eigenvalue weighted by atomic mass is 35.5. The second kappa shape index (κ2) is 8.68. The number of hydrogen-bond acceptors (Lipinski definition) is 3. The first kappa shape index (κ1) is 19.7. The number of carbonyl (C=O) groups excluding carboxylic acids is 2. The molecule has 5 nitrogen and oxygen atoms in total. The first-order valence-corrected chi connectivity index (χ1v) is 8.89. The van der Waals surface area contributed by atoms with Crippen LogP contribution in [0, 0.1) is 5.92 Å². The van der Waals surface area contributed by atoms with Gasteiger partial charge in [-0.25, -0.2) is 0 Å². The van der Waals surface area contributed by atoms with Gasteiger partial charge >= 0.3 is 0 Å². The summed E-state index contributed by atoms with van der Waals surface area (Å²) in [6.45, 7) is 4.49. The zero-order valence-corrected chi connectivity index (χ0v) is 15.8. The fourth-order valence-electron chi connectivity index (χ4n) is 3.84. The van der Waals surface area contributed by atoms with Gasteiger partial charge < -0.3 is 15.1 Å². The Bertz CT molecular complexity index is 590. The summed E-state index contributed by atoms with van der Waals surface area (Å²) in [6, 6.07) is 10.3. The van der Waals surface area contributed by atoms with Gasteiger partial charge in [0, 0.05) is 26.1 Å². The molecule has 3 rings (SSSR count). The van der Waals surface area contributed by atoms with Gasteiger partial charge in [0.15, 0.2) is 0 Å². The molecular formula is C19H28ClN3O2. The van der Waals surface area contributed by atoms with Crippen LogP contribution in [0.5, 0.6) is 0 Å². The molecule has 0 aliphatic carbocycles. The Balaban J connectivity index is 0.00000225. The standard InChI is InChI=1S/C19H27N3O2.ClH/c1-14(15-6-4-3-5-7-15)22-13-16(12-18(22)23)19(24)21(2)17-8-10-20-11-9-17;/h3-7,14,16-17,20H,8-13H2,1-2H3;1H. The van der Waals surface area contributed by atoms with Gasteiger partial charge in [-0.05, 0) is 38.4 Å². The van der Waals surface area contributed by atoms with E-state index in [1.165, 1.54) is 0 Å². The van der Waals surface area contributed by atoms with Gasteiger partial charge in [-0.15, -0.1) is 12.4 Å². The molecule has 25 heavy (non-hydrogen) atoms. The predicted octanol–water partition coefficient (Wildman–Crippen LogP) is 2.23. The zero-order chi connectivity index (χ0) is 17.1. The molecule has 0 spiro atoms. The van der Waals surface area contributed by atoms with Crippen LogP contribution in [0.1, 0.15) is 37.8 Å². The maximum Gasteiger partial charge on any atom is 0.227 e. The number of piperidine rings is 1. The van der Waals surface area contributed by atoms with Crippen LogP contribution in [0.15, 0.2) is 30.3 Å². The summed E-state index contributed by atoms with van der Waals surface area (Å²) in [5.41, 5.74) is 1.12. The average Bonchev–Trinajstić information content (AvgIpc) is 3.03. The Morgan fingerprint density at radius 3 is 2.52 bits per heavy atom. The average molecular weight is 366 g/mol. The Hall–Kier alpha value is -1.59. The van der Waals surface area contributed by atoms with Gasteiger partial charge in [-0.3, -0.25) is 9.59 Å². The van der Waals surface area contributed by atoms with E-state index in [-0.39, 0.29) is 36.2 Å². The first-order valence-electron chi connectivity index (χ1n) is 8.89. The number of hydrogen-bond donors (Lipinski definition) is 1. The van der Waals surface area contributed by atoms with Gasteiger partial charge in [-0.2, -0.15) is 0 Å². The zero-order valence-electron chi connectivity index (χ0n) is 15.0. The minimum atomic E-state index is -0.205. The van der Waals surface area contributed by atoms with Crippen LogP contribution in [0.4, 0.5) is 0 Å². The monoisotopic (exact) mass is 365 g/mol. The van der Waals surface area contributed by atoms with Crippen molar-refractivity contribution < 1.29 is 9.59 Å². The number of rotatable bonds is 4. The highest BCUT2D eigenvalue weighted by Gasteiger charge is 2.39. The lowest BCUT2D eigenvalue weighted by molar-refractivity contribution is -0.137. The second-order valence-electron chi connectivity index (χ2n) is 6.96. The van der Waals surface area contributed by atoms with Crippen molar-refractivity contribution in [3.8, 4) is 0 Å². The van der Waals surface area contributed by atoms with E-state index >= 15 is 0 Å². The molecule has 0 aromatic heterocycles. The fourth-order valence-corrected chi connectivity index (χ4v) is 3.84. The molecule has 2 fully saturated rings. The summed E-state index contributed by atoms with van der Waals surface area (Å²) in [7, 11) is 1.89. The normalized spacial score (nSPS) is 22.4. The number of benzene rings is 1. The summed E-state index contributed by atoms with van der Waals surface area (Å²) >= 11 is 0. The van der Waals surface area contributed by atoms with Crippen LogP contribution >= 0.6 is 12.4 Å². The molecule has 2 unspecified atom stereocenters. The third-order valence-corrected chi connectivity index (χ3v) is 5.46. The SMILES string of the molecule is CC(c1ccccc1)N1CC(C(=O)N(C)C2CCNCC2)CC1=O.Cl. The number of nitrogens with one attached hydrogen (secondary N) is 1. The van der Waals surface area contributed by atoms with E-state index < -0.39 is 0 Å². The number of nitrogens with zero attached hydrogens (tertiary/aromatic N) is 2. The Morgan fingerprint density at radius 1 is 1.24 bits per heavy atom.